The number of benzene rings is 1. The Morgan fingerprint density at radius 1 is 0.967 bits per heavy atom. The Morgan fingerprint density at radius 3 is 2.34 bits per heavy atom. The van der Waals surface area contributed by atoms with Gasteiger partial charge in [0.1, 0.15) is 17.6 Å². The van der Waals surface area contributed by atoms with E-state index in [0.717, 1.165) is 55.3 Å². The summed E-state index contributed by atoms with van der Waals surface area (Å²) < 4.78 is 19.9. The highest BCUT2D eigenvalue weighted by atomic mass is 16.6. The monoisotopic (exact) mass is 853 g/mol. The third kappa shape index (κ3) is 15.7. The van der Waals surface area contributed by atoms with E-state index in [9.17, 15) is 14.7 Å². The number of aryl methyl sites for hydroxylation is 1. The van der Waals surface area contributed by atoms with E-state index in [2.05, 4.69) is 56.7 Å². The van der Waals surface area contributed by atoms with Crippen LogP contribution in [0.3, 0.4) is 0 Å². The number of amides is 1. The third-order valence-electron chi connectivity index (χ3n) is 13.0. The number of nitrogens with two attached hydrogens (primary N) is 1. The molecule has 2 aromatic rings. The topological polar surface area (TPSA) is 165 Å². The molecule has 4 fully saturated rings. The van der Waals surface area contributed by atoms with E-state index in [1.165, 1.54) is 32.1 Å². The second-order valence-corrected chi connectivity index (χ2v) is 18.6. The summed E-state index contributed by atoms with van der Waals surface area (Å²) in [5, 5.41) is 27.7. The minimum atomic E-state index is -0.610. The molecule has 4 aliphatic rings. The van der Waals surface area contributed by atoms with E-state index in [0.29, 0.717) is 62.6 Å². The smallest absolute Gasteiger partial charge is 0.410 e. The molecular formula is C48H80N6O7. The standard InChI is InChI=1S/C32H47N5O5.C11H21NO.C5H12O/c1-6-29-31-28(18-26(38)13-12-20(2)16-21(3)30(39)22(4)23(5)41-29)37(32(40)42-31)15-8-7-14-36-19-27(34-35-36)24-10-9-11-25(33)17-24;1-8-6-10(12(2)3)7-11(13-8)9-4-5-9;1-2-3-4-5-6/h9-11,17,19-22,28-31,39H,5-8,12-16,18,33H2,1-4H3;8-11H,4-7H2,1-3H3;6H,2-5H2,1H3/t20?,21?,22?,28-,29?,30?,31?;;/m0../s1. The van der Waals surface area contributed by atoms with Crippen molar-refractivity contribution in [1.82, 2.24) is 24.8 Å². The molecular weight excluding hydrogens is 773 g/mol. The Kier molecular flexibility index (Phi) is 20.5. The molecule has 1 amide bonds. The molecule has 3 saturated heterocycles. The van der Waals surface area contributed by atoms with Crippen molar-refractivity contribution >= 4 is 17.6 Å². The fourth-order valence-electron chi connectivity index (χ4n) is 8.89. The average Bonchev–Trinajstić information content (AvgIpc) is 3.91. The predicted molar refractivity (Wildman–Crippen MR) is 242 cm³/mol. The van der Waals surface area contributed by atoms with Crippen molar-refractivity contribution < 1.29 is 34.0 Å². The van der Waals surface area contributed by atoms with E-state index in [1.54, 1.807) is 9.58 Å². The molecule has 13 heteroatoms. The Labute approximate surface area is 366 Å². The molecule has 0 spiro atoms. The van der Waals surface area contributed by atoms with Gasteiger partial charge < -0.3 is 40.0 Å². The van der Waals surface area contributed by atoms with Crippen molar-refractivity contribution in [1.29, 1.82) is 0 Å². The fourth-order valence-corrected chi connectivity index (χ4v) is 8.89. The second-order valence-electron chi connectivity index (χ2n) is 18.6. The number of fused-ring (bicyclic) bond motifs is 1. The summed E-state index contributed by atoms with van der Waals surface area (Å²) in [5.41, 5.74) is 8.23. The Hall–Kier alpha value is -3.52. The molecule has 344 valence electrons. The molecule has 4 heterocycles. The van der Waals surface area contributed by atoms with Crippen molar-refractivity contribution in [3.63, 3.8) is 0 Å². The van der Waals surface area contributed by atoms with Crippen LogP contribution in [-0.4, -0.2) is 117 Å². The lowest BCUT2D eigenvalue weighted by atomic mass is 9.84. The van der Waals surface area contributed by atoms with E-state index < -0.39 is 30.4 Å². The van der Waals surface area contributed by atoms with Crippen molar-refractivity contribution in [2.75, 3.05) is 33.0 Å². The first-order valence-corrected chi connectivity index (χ1v) is 23.4. The summed E-state index contributed by atoms with van der Waals surface area (Å²) in [6.45, 7) is 18.0. The number of aromatic nitrogens is 3. The van der Waals surface area contributed by atoms with E-state index >= 15 is 0 Å². The highest BCUT2D eigenvalue weighted by Gasteiger charge is 2.47. The molecule has 1 aromatic heterocycles. The van der Waals surface area contributed by atoms with Gasteiger partial charge in [-0.25, -0.2) is 4.79 Å². The van der Waals surface area contributed by atoms with Gasteiger partial charge in [0.15, 0.2) is 6.10 Å². The van der Waals surface area contributed by atoms with Gasteiger partial charge in [0, 0.05) is 55.7 Å². The number of carbonyl (C=O) groups is 2. The number of nitrogens with zero attached hydrogens (tertiary/aromatic N) is 5. The van der Waals surface area contributed by atoms with Crippen LogP contribution in [0.4, 0.5) is 10.5 Å². The zero-order valence-corrected chi connectivity index (χ0v) is 38.7. The van der Waals surface area contributed by atoms with Crippen molar-refractivity contribution in [3.8, 4) is 11.3 Å². The number of nitrogen functional groups attached to an aromatic ring is 1. The van der Waals surface area contributed by atoms with Gasteiger partial charge >= 0.3 is 6.09 Å². The summed E-state index contributed by atoms with van der Waals surface area (Å²) in [5.74, 6) is 1.55. The van der Waals surface area contributed by atoms with Crippen LogP contribution in [0.2, 0.25) is 0 Å². The number of ether oxygens (including phenoxy) is 3. The minimum absolute atomic E-state index is 0.0438. The van der Waals surface area contributed by atoms with Crippen molar-refractivity contribution in [2.24, 2.45) is 23.7 Å². The van der Waals surface area contributed by atoms with Gasteiger partial charge in [0.05, 0.1) is 36.3 Å². The lowest BCUT2D eigenvalue weighted by Gasteiger charge is -2.37. The molecule has 6 rings (SSSR count). The van der Waals surface area contributed by atoms with Crippen LogP contribution < -0.4 is 5.73 Å². The molecule has 1 saturated carbocycles. The number of anilines is 1. The van der Waals surface area contributed by atoms with Gasteiger partial charge in [-0.3, -0.25) is 9.48 Å². The molecule has 10 atom stereocenters. The Bertz CT molecular complexity index is 1620. The number of ketones is 1. The average molecular weight is 853 g/mol. The summed E-state index contributed by atoms with van der Waals surface area (Å²) in [7, 11) is 4.37. The number of rotatable bonds is 12. The zero-order valence-electron chi connectivity index (χ0n) is 38.7. The molecule has 0 bridgehead atoms. The maximum atomic E-state index is 13.2. The van der Waals surface area contributed by atoms with Crippen LogP contribution in [-0.2, 0) is 25.5 Å². The highest BCUT2D eigenvalue weighted by Crippen LogP contribution is 2.40. The molecule has 1 aromatic carbocycles. The number of carbonyl (C=O) groups excluding carboxylic acids is 2. The van der Waals surface area contributed by atoms with Gasteiger partial charge in [0.2, 0.25) is 0 Å². The van der Waals surface area contributed by atoms with Gasteiger partial charge in [-0.1, -0.05) is 71.4 Å². The maximum Gasteiger partial charge on any atom is 0.410 e. The highest BCUT2D eigenvalue weighted by molar-refractivity contribution is 5.81. The largest absolute Gasteiger partial charge is 0.491 e. The summed E-state index contributed by atoms with van der Waals surface area (Å²) in [6, 6.07) is 7.86. The van der Waals surface area contributed by atoms with Gasteiger partial charge in [-0.15, -0.1) is 5.10 Å². The van der Waals surface area contributed by atoms with Crippen LogP contribution in [0.1, 0.15) is 131 Å². The minimum Gasteiger partial charge on any atom is -0.491 e. The van der Waals surface area contributed by atoms with Crippen LogP contribution in [0.5, 0.6) is 0 Å². The molecule has 9 unspecified atom stereocenters. The first kappa shape index (κ1) is 50.1. The number of hydrogen-bond acceptors (Lipinski definition) is 11. The number of aliphatic hydroxyl groups excluding tert-OH is 2. The third-order valence-corrected chi connectivity index (χ3v) is 13.0. The van der Waals surface area contributed by atoms with Gasteiger partial charge in [-0.05, 0) is 115 Å². The lowest BCUT2D eigenvalue weighted by Crippen LogP contribution is -2.44. The molecule has 13 nitrogen and oxygen atoms in total. The van der Waals surface area contributed by atoms with E-state index in [4.69, 9.17) is 25.1 Å². The zero-order chi connectivity index (χ0) is 44.6. The second kappa shape index (κ2) is 24.9. The van der Waals surface area contributed by atoms with Crippen LogP contribution >= 0.6 is 0 Å². The number of hydrogen-bond donors (Lipinski definition) is 3. The Morgan fingerprint density at radius 2 is 1.70 bits per heavy atom. The SMILES string of the molecule is C=C1OC(CC)C2OC(=O)N(CCCCn3cc(-c4cccc(N)c4)nn3)[C@H]2CC(=O)CCC(C)CC(C)C(O)C1C.CC1CC(N(C)C)CC(C2CC2)O1.CCCCCO. The summed E-state index contributed by atoms with van der Waals surface area (Å²) in [6.07, 6.45) is 13.7. The molecule has 4 N–H and O–H groups in total. The van der Waals surface area contributed by atoms with E-state index in [-0.39, 0.29) is 30.0 Å². The van der Waals surface area contributed by atoms with Crippen LogP contribution in [0, 0.1) is 23.7 Å². The first-order valence-electron chi connectivity index (χ1n) is 23.4. The predicted octanol–water partition coefficient (Wildman–Crippen LogP) is 8.28. The molecule has 1 aliphatic carbocycles. The molecule has 61 heavy (non-hydrogen) atoms. The Balaban J connectivity index is 0.000000352. The number of Topliss-reactive ketones (excluding diaryl/α,β-unsaturated/α-hetero) is 1. The quantitative estimate of drug-likeness (QED) is 0.139. The number of unbranched alkanes of at least 4 members (excludes halogenated alkanes) is 3. The van der Waals surface area contributed by atoms with Crippen LogP contribution in [0.15, 0.2) is 42.8 Å². The normalized spacial score (nSPS) is 30.0. The van der Waals surface area contributed by atoms with Crippen molar-refractivity contribution in [2.45, 2.75) is 181 Å². The summed E-state index contributed by atoms with van der Waals surface area (Å²) in [4.78, 5) is 30.4. The van der Waals surface area contributed by atoms with Gasteiger partial charge in [-0.2, -0.15) is 0 Å². The first-order chi connectivity index (χ1) is 29.1. The molecule has 3 aliphatic heterocycles. The lowest BCUT2D eigenvalue weighted by molar-refractivity contribution is -0.121. The van der Waals surface area contributed by atoms with E-state index in [1.807, 2.05) is 51.2 Å². The molecule has 0 radical (unpaired) electrons. The maximum absolute atomic E-state index is 13.2. The van der Waals surface area contributed by atoms with Gasteiger partial charge in [0.25, 0.3) is 0 Å². The summed E-state index contributed by atoms with van der Waals surface area (Å²) >= 11 is 0. The van der Waals surface area contributed by atoms with Crippen molar-refractivity contribution in [3.05, 3.63) is 42.8 Å². The van der Waals surface area contributed by atoms with Crippen LogP contribution in [0.25, 0.3) is 11.3 Å². The number of aliphatic hydroxyl groups is 2. The fraction of sp³-hybridized carbons (Fsp3) is 0.750.